The number of hydrogen-bond acceptors (Lipinski definition) is 6. The summed E-state index contributed by atoms with van der Waals surface area (Å²) in [6.45, 7) is 6.33. The zero-order chi connectivity index (χ0) is 14.5. The SMILES string of the molecule is CCOC1CCN(c2nc(C)cc(/C(N)=N/O)n2)CC1. The lowest BCUT2D eigenvalue weighted by atomic mass is 10.1. The maximum Gasteiger partial charge on any atom is 0.226 e. The van der Waals surface area contributed by atoms with E-state index in [1.54, 1.807) is 6.07 Å². The number of hydrogen-bond donors (Lipinski definition) is 2. The van der Waals surface area contributed by atoms with Gasteiger partial charge in [-0.25, -0.2) is 9.97 Å². The number of oxime groups is 1. The van der Waals surface area contributed by atoms with Gasteiger partial charge in [-0.3, -0.25) is 0 Å². The van der Waals surface area contributed by atoms with E-state index in [4.69, 9.17) is 15.7 Å². The molecule has 2 heterocycles. The van der Waals surface area contributed by atoms with Crippen LogP contribution in [0, 0.1) is 6.92 Å². The number of nitrogens with two attached hydrogens (primary N) is 1. The first kappa shape index (κ1) is 14.5. The molecule has 1 aliphatic heterocycles. The molecule has 20 heavy (non-hydrogen) atoms. The third-order valence-corrected chi connectivity index (χ3v) is 3.34. The van der Waals surface area contributed by atoms with E-state index in [-0.39, 0.29) is 5.84 Å². The normalized spacial score (nSPS) is 17.5. The molecule has 1 saturated heterocycles. The fraction of sp³-hybridized carbons (Fsp3) is 0.615. The summed E-state index contributed by atoms with van der Waals surface area (Å²) < 4.78 is 5.63. The Labute approximate surface area is 118 Å². The third-order valence-electron chi connectivity index (χ3n) is 3.34. The molecular formula is C13H21N5O2. The highest BCUT2D eigenvalue weighted by molar-refractivity contribution is 5.95. The van der Waals surface area contributed by atoms with Crippen LogP contribution in [0.25, 0.3) is 0 Å². The van der Waals surface area contributed by atoms with Crippen molar-refractivity contribution in [3.05, 3.63) is 17.5 Å². The number of amidine groups is 1. The van der Waals surface area contributed by atoms with Gasteiger partial charge in [-0.2, -0.15) is 0 Å². The largest absolute Gasteiger partial charge is 0.409 e. The number of aryl methyl sites for hydroxylation is 1. The van der Waals surface area contributed by atoms with E-state index in [0.717, 1.165) is 38.2 Å². The van der Waals surface area contributed by atoms with Crippen molar-refractivity contribution in [1.82, 2.24) is 9.97 Å². The number of piperidine rings is 1. The topological polar surface area (TPSA) is 96.9 Å². The molecule has 0 aromatic carbocycles. The van der Waals surface area contributed by atoms with Gasteiger partial charge < -0.3 is 20.6 Å². The van der Waals surface area contributed by atoms with Crippen LogP contribution in [0.1, 0.15) is 31.2 Å². The number of nitrogens with zero attached hydrogens (tertiary/aromatic N) is 4. The molecule has 1 aromatic rings. The van der Waals surface area contributed by atoms with E-state index in [1.165, 1.54) is 0 Å². The molecule has 0 spiro atoms. The fourth-order valence-electron chi connectivity index (χ4n) is 2.33. The van der Waals surface area contributed by atoms with Gasteiger partial charge in [-0.15, -0.1) is 0 Å². The lowest BCUT2D eigenvalue weighted by Gasteiger charge is -2.32. The molecule has 0 atom stereocenters. The van der Waals surface area contributed by atoms with Crippen molar-refractivity contribution in [2.45, 2.75) is 32.8 Å². The monoisotopic (exact) mass is 279 g/mol. The molecule has 7 nitrogen and oxygen atoms in total. The van der Waals surface area contributed by atoms with E-state index in [1.807, 2.05) is 13.8 Å². The standard InChI is InChI=1S/C13H21N5O2/c1-3-20-10-4-6-18(7-5-10)13-15-9(2)8-11(16-13)12(14)17-19/h8,10,19H,3-7H2,1-2H3,(H2,14,17). The molecule has 7 heteroatoms. The second-order valence-corrected chi connectivity index (χ2v) is 4.82. The highest BCUT2D eigenvalue weighted by Crippen LogP contribution is 2.19. The quantitative estimate of drug-likeness (QED) is 0.367. The first-order valence-electron chi connectivity index (χ1n) is 6.84. The average Bonchev–Trinajstić information content (AvgIpc) is 2.47. The lowest BCUT2D eigenvalue weighted by molar-refractivity contribution is 0.0457. The van der Waals surface area contributed by atoms with E-state index < -0.39 is 0 Å². The molecule has 3 N–H and O–H groups in total. The third kappa shape index (κ3) is 3.36. The van der Waals surface area contributed by atoms with E-state index in [9.17, 15) is 0 Å². The first-order chi connectivity index (χ1) is 9.63. The van der Waals surface area contributed by atoms with E-state index in [0.29, 0.717) is 17.7 Å². The van der Waals surface area contributed by atoms with Crippen LogP contribution in [-0.2, 0) is 4.74 Å². The zero-order valence-corrected chi connectivity index (χ0v) is 11.9. The van der Waals surface area contributed by atoms with Gasteiger partial charge in [0.15, 0.2) is 5.84 Å². The maximum atomic E-state index is 8.75. The highest BCUT2D eigenvalue weighted by Gasteiger charge is 2.21. The van der Waals surface area contributed by atoms with Crippen molar-refractivity contribution in [3.8, 4) is 0 Å². The molecule has 1 aliphatic rings. The molecule has 0 saturated carbocycles. The van der Waals surface area contributed by atoms with Gasteiger partial charge in [-0.05, 0) is 32.8 Å². The van der Waals surface area contributed by atoms with E-state index >= 15 is 0 Å². The van der Waals surface area contributed by atoms with Crippen molar-refractivity contribution >= 4 is 11.8 Å². The Morgan fingerprint density at radius 3 is 2.80 bits per heavy atom. The Hall–Kier alpha value is -1.89. The molecule has 0 bridgehead atoms. The van der Waals surface area contributed by atoms with Gasteiger partial charge in [0.05, 0.1) is 6.10 Å². The molecule has 0 unspecified atom stereocenters. The minimum atomic E-state index is 0.000882. The second kappa shape index (κ2) is 6.51. The predicted octanol–water partition coefficient (Wildman–Crippen LogP) is 0.885. The zero-order valence-electron chi connectivity index (χ0n) is 11.9. The minimum Gasteiger partial charge on any atom is -0.409 e. The Morgan fingerprint density at radius 2 is 2.20 bits per heavy atom. The molecule has 2 rings (SSSR count). The number of aromatic nitrogens is 2. The first-order valence-corrected chi connectivity index (χ1v) is 6.84. The number of rotatable bonds is 4. The number of ether oxygens (including phenoxy) is 1. The van der Waals surface area contributed by atoms with Crippen LogP contribution < -0.4 is 10.6 Å². The summed E-state index contributed by atoms with van der Waals surface area (Å²) in [4.78, 5) is 10.9. The average molecular weight is 279 g/mol. The van der Waals surface area contributed by atoms with Crippen molar-refractivity contribution in [2.75, 3.05) is 24.6 Å². The highest BCUT2D eigenvalue weighted by atomic mass is 16.5. The lowest BCUT2D eigenvalue weighted by Crippen LogP contribution is -2.38. The summed E-state index contributed by atoms with van der Waals surface area (Å²) in [5.41, 5.74) is 6.84. The van der Waals surface area contributed by atoms with Gasteiger partial charge in [0.2, 0.25) is 5.95 Å². The molecule has 1 aromatic heterocycles. The van der Waals surface area contributed by atoms with Gasteiger partial charge in [0.25, 0.3) is 0 Å². The van der Waals surface area contributed by atoms with Crippen LogP contribution in [0.15, 0.2) is 11.2 Å². The summed E-state index contributed by atoms with van der Waals surface area (Å²) in [6, 6.07) is 1.70. The van der Waals surface area contributed by atoms with Crippen LogP contribution in [-0.4, -0.2) is 46.8 Å². The summed E-state index contributed by atoms with van der Waals surface area (Å²) in [6.07, 6.45) is 2.25. The molecule has 0 radical (unpaired) electrons. The van der Waals surface area contributed by atoms with Gasteiger partial charge in [-0.1, -0.05) is 5.16 Å². The van der Waals surface area contributed by atoms with Gasteiger partial charge >= 0.3 is 0 Å². The van der Waals surface area contributed by atoms with Crippen LogP contribution in [0.3, 0.4) is 0 Å². The fourth-order valence-corrected chi connectivity index (χ4v) is 2.33. The van der Waals surface area contributed by atoms with Crippen molar-refractivity contribution < 1.29 is 9.94 Å². The Morgan fingerprint density at radius 1 is 1.50 bits per heavy atom. The minimum absolute atomic E-state index is 0.000882. The Balaban J connectivity index is 2.12. The maximum absolute atomic E-state index is 8.75. The molecule has 0 amide bonds. The summed E-state index contributed by atoms with van der Waals surface area (Å²) in [5.74, 6) is 0.627. The van der Waals surface area contributed by atoms with Crippen molar-refractivity contribution in [3.63, 3.8) is 0 Å². The van der Waals surface area contributed by atoms with Crippen LogP contribution in [0.4, 0.5) is 5.95 Å². The van der Waals surface area contributed by atoms with Gasteiger partial charge in [0.1, 0.15) is 5.69 Å². The van der Waals surface area contributed by atoms with Crippen LogP contribution in [0.5, 0.6) is 0 Å². The summed E-state index contributed by atoms with van der Waals surface area (Å²) in [7, 11) is 0. The van der Waals surface area contributed by atoms with Gasteiger partial charge in [0, 0.05) is 25.4 Å². The van der Waals surface area contributed by atoms with Crippen molar-refractivity contribution in [2.24, 2.45) is 10.9 Å². The van der Waals surface area contributed by atoms with Crippen LogP contribution >= 0.6 is 0 Å². The Bertz CT molecular complexity index is 484. The second-order valence-electron chi connectivity index (χ2n) is 4.82. The molecule has 110 valence electrons. The predicted molar refractivity (Wildman–Crippen MR) is 76.1 cm³/mol. The van der Waals surface area contributed by atoms with Crippen molar-refractivity contribution in [1.29, 1.82) is 0 Å². The summed E-state index contributed by atoms with van der Waals surface area (Å²) in [5, 5.41) is 11.7. The number of anilines is 1. The molecule has 0 aliphatic carbocycles. The molecular weight excluding hydrogens is 258 g/mol. The van der Waals surface area contributed by atoms with Crippen LogP contribution in [0.2, 0.25) is 0 Å². The smallest absolute Gasteiger partial charge is 0.226 e. The Kier molecular flexibility index (Phi) is 4.73. The van der Waals surface area contributed by atoms with E-state index in [2.05, 4.69) is 20.0 Å². The summed E-state index contributed by atoms with van der Waals surface area (Å²) >= 11 is 0. The molecule has 1 fully saturated rings.